The summed E-state index contributed by atoms with van der Waals surface area (Å²) >= 11 is 7.01. The monoisotopic (exact) mass is 801 g/mol. The molecule has 4 aliphatic rings. The summed E-state index contributed by atoms with van der Waals surface area (Å²) in [5.41, 5.74) is 9.43. The third kappa shape index (κ3) is 8.08. The minimum absolute atomic E-state index is 0.00752. The number of carboxylic acids is 1. The summed E-state index contributed by atoms with van der Waals surface area (Å²) in [4.78, 5) is 63.2. The van der Waals surface area contributed by atoms with Crippen LogP contribution in [0.25, 0.3) is 0 Å². The summed E-state index contributed by atoms with van der Waals surface area (Å²) in [6.07, 6.45) is 3.41. The predicted octanol–water partition coefficient (Wildman–Crippen LogP) is 4.07. The van der Waals surface area contributed by atoms with Gasteiger partial charge in [0.2, 0.25) is 11.8 Å². The highest BCUT2D eigenvalue weighted by Crippen LogP contribution is 2.33. The van der Waals surface area contributed by atoms with Crippen LogP contribution in [-0.4, -0.2) is 124 Å². The van der Waals surface area contributed by atoms with Crippen LogP contribution in [0.2, 0.25) is 0 Å². The van der Waals surface area contributed by atoms with Crippen molar-refractivity contribution in [2.24, 2.45) is 5.92 Å². The van der Waals surface area contributed by atoms with Crippen LogP contribution in [0.3, 0.4) is 0 Å². The van der Waals surface area contributed by atoms with Crippen LogP contribution < -0.4 is 11.1 Å². The third-order valence-corrected chi connectivity index (χ3v) is 12.0. The molecular formula is C35H45Br2N7O5. The molecule has 6 rings (SSSR count). The largest absolute Gasteiger partial charge is 0.480 e. The number of aliphatic carboxylic acids is 1. The maximum Gasteiger partial charge on any atom is 0.322 e. The normalized spacial score (nSPS) is 22.1. The summed E-state index contributed by atoms with van der Waals surface area (Å²) in [6, 6.07) is 10.8. The number of anilines is 2. The van der Waals surface area contributed by atoms with E-state index in [4.69, 9.17) is 5.73 Å². The molecule has 14 heteroatoms. The Morgan fingerprint density at radius 2 is 1.59 bits per heavy atom. The summed E-state index contributed by atoms with van der Waals surface area (Å²) in [5.74, 6) is -1.92. The molecule has 0 bridgehead atoms. The van der Waals surface area contributed by atoms with Gasteiger partial charge < -0.3 is 35.8 Å². The maximum absolute atomic E-state index is 14.3. The van der Waals surface area contributed by atoms with Crippen molar-refractivity contribution >= 4 is 67.0 Å². The number of piperazine rings is 1. The Bertz CT molecular complexity index is 1550. The minimum Gasteiger partial charge on any atom is -0.480 e. The Balaban J connectivity index is 1.14. The van der Waals surface area contributed by atoms with Crippen molar-refractivity contribution in [3.05, 3.63) is 56.5 Å². The van der Waals surface area contributed by atoms with Gasteiger partial charge in [-0.05, 0) is 113 Å². The molecule has 0 radical (unpaired) electrons. The summed E-state index contributed by atoms with van der Waals surface area (Å²) in [6.45, 7) is 4.35. The Labute approximate surface area is 304 Å². The highest BCUT2D eigenvalue weighted by atomic mass is 79.9. The molecule has 4 heterocycles. The lowest BCUT2D eigenvalue weighted by Crippen LogP contribution is -2.62. The van der Waals surface area contributed by atoms with E-state index < -0.39 is 17.9 Å². The van der Waals surface area contributed by atoms with Gasteiger partial charge in [-0.15, -0.1) is 0 Å². The molecule has 264 valence electrons. The highest BCUT2D eigenvalue weighted by molar-refractivity contribution is 9.11. The van der Waals surface area contributed by atoms with Crippen LogP contribution in [0.4, 0.5) is 16.2 Å². The van der Waals surface area contributed by atoms with Gasteiger partial charge in [0.05, 0.1) is 11.6 Å². The van der Waals surface area contributed by atoms with Gasteiger partial charge in [-0.2, -0.15) is 0 Å². The van der Waals surface area contributed by atoms with Gasteiger partial charge in [0.25, 0.3) is 0 Å². The smallest absolute Gasteiger partial charge is 0.322 e. The van der Waals surface area contributed by atoms with E-state index in [1.165, 1.54) is 0 Å². The number of nitrogen functional groups attached to an aromatic ring is 1. The molecule has 2 aromatic rings. The van der Waals surface area contributed by atoms with Crippen molar-refractivity contribution in [2.75, 3.05) is 63.9 Å². The van der Waals surface area contributed by atoms with Crippen molar-refractivity contribution in [3.63, 3.8) is 0 Å². The summed E-state index contributed by atoms with van der Waals surface area (Å²) < 4.78 is 1.39. The molecule has 4 aliphatic heterocycles. The lowest BCUT2D eigenvalue weighted by Gasteiger charge is -2.46. The van der Waals surface area contributed by atoms with Crippen molar-refractivity contribution in [2.45, 2.75) is 63.2 Å². The number of hydrogen-bond donors (Lipinski definition) is 3. The quantitative estimate of drug-likeness (QED) is 0.340. The van der Waals surface area contributed by atoms with E-state index in [0.29, 0.717) is 66.6 Å². The van der Waals surface area contributed by atoms with Crippen molar-refractivity contribution < 1.29 is 24.3 Å². The minimum atomic E-state index is -0.927. The molecule has 0 spiro atoms. The van der Waals surface area contributed by atoms with Crippen LogP contribution in [0, 0.1) is 5.92 Å². The molecular weight excluding hydrogens is 758 g/mol. The Morgan fingerprint density at radius 3 is 2.27 bits per heavy atom. The van der Waals surface area contributed by atoms with Gasteiger partial charge >= 0.3 is 12.0 Å². The zero-order chi connectivity index (χ0) is 34.8. The van der Waals surface area contributed by atoms with E-state index in [2.05, 4.69) is 54.0 Å². The fourth-order valence-electron chi connectivity index (χ4n) is 7.81. The first kappa shape index (κ1) is 35.6. The second-order valence-corrected chi connectivity index (χ2v) is 15.5. The topological polar surface area (TPSA) is 143 Å². The van der Waals surface area contributed by atoms with Crippen molar-refractivity contribution in [1.82, 2.24) is 24.5 Å². The first-order chi connectivity index (χ1) is 23.5. The number of carbonyl (C=O) groups is 4. The zero-order valence-corrected chi connectivity index (χ0v) is 31.0. The molecule has 0 aromatic heterocycles. The molecule has 4 amide bonds. The van der Waals surface area contributed by atoms with Gasteiger partial charge in [0.15, 0.2) is 0 Å². The molecule has 2 unspecified atom stereocenters. The number of carboxylic acid groups (broad SMARTS) is 1. The number of para-hydroxylation sites is 1. The number of carbonyl (C=O) groups excluding carboxylic acids is 3. The highest BCUT2D eigenvalue weighted by Gasteiger charge is 2.41. The molecule has 0 saturated carbocycles. The number of likely N-dealkylation sites (tertiary alicyclic amines) is 2. The van der Waals surface area contributed by atoms with Gasteiger partial charge in [-0.25, -0.2) is 4.79 Å². The summed E-state index contributed by atoms with van der Waals surface area (Å²) in [5, 5.41) is 13.2. The van der Waals surface area contributed by atoms with Gasteiger partial charge in [-0.1, -0.05) is 18.2 Å². The number of rotatable bonds is 8. The summed E-state index contributed by atoms with van der Waals surface area (Å²) in [7, 11) is 2.08. The maximum atomic E-state index is 14.3. The Kier molecular flexibility index (Phi) is 11.2. The van der Waals surface area contributed by atoms with Crippen LogP contribution in [0.5, 0.6) is 0 Å². The van der Waals surface area contributed by atoms with E-state index in [9.17, 15) is 24.3 Å². The average Bonchev–Trinajstić information content (AvgIpc) is 3.09. The van der Waals surface area contributed by atoms with Crippen molar-refractivity contribution in [1.29, 1.82) is 0 Å². The Morgan fingerprint density at radius 1 is 0.939 bits per heavy atom. The second kappa shape index (κ2) is 15.4. The number of urea groups is 1. The SMILES string of the molecule is CN1CCC(N2CCN(C(=O)C(CC(=O)N3CCC(N4Cc5ccccc5NC4=O)CC3)Cc3cc(Br)c(N)c(Br)c3)CC2C(=O)O)CC1. The van der Waals surface area contributed by atoms with E-state index in [-0.39, 0.29) is 42.9 Å². The van der Waals surface area contributed by atoms with E-state index in [0.717, 1.165) is 42.7 Å². The predicted molar refractivity (Wildman–Crippen MR) is 194 cm³/mol. The molecule has 2 atom stereocenters. The first-order valence-electron chi connectivity index (χ1n) is 17.1. The number of fused-ring (bicyclic) bond motifs is 1. The van der Waals surface area contributed by atoms with Gasteiger partial charge in [-0.3, -0.25) is 19.3 Å². The number of halogens is 2. The number of nitrogens with two attached hydrogens (primary N) is 1. The van der Waals surface area contributed by atoms with Crippen LogP contribution in [-0.2, 0) is 27.3 Å². The lowest BCUT2D eigenvalue weighted by molar-refractivity contribution is -0.153. The second-order valence-electron chi connectivity index (χ2n) is 13.8. The molecule has 2 aromatic carbocycles. The zero-order valence-electron chi connectivity index (χ0n) is 27.8. The lowest BCUT2D eigenvalue weighted by atomic mass is 9.92. The first-order valence-corrected chi connectivity index (χ1v) is 18.7. The van der Waals surface area contributed by atoms with Crippen LogP contribution in [0.1, 0.15) is 43.2 Å². The average molecular weight is 804 g/mol. The number of nitrogens with zero attached hydrogens (tertiary/aromatic N) is 5. The van der Waals surface area contributed by atoms with E-state index in [1.54, 1.807) is 9.80 Å². The number of nitrogens with one attached hydrogen (secondary N) is 1. The number of piperidine rings is 2. The van der Waals surface area contributed by atoms with Crippen molar-refractivity contribution in [3.8, 4) is 0 Å². The molecule has 4 N–H and O–H groups in total. The third-order valence-electron chi connectivity index (χ3n) is 10.7. The number of benzene rings is 2. The number of hydrogen-bond acceptors (Lipinski definition) is 7. The van der Waals surface area contributed by atoms with E-state index >= 15 is 0 Å². The Hall–Kier alpha value is -3.20. The van der Waals surface area contributed by atoms with Crippen LogP contribution >= 0.6 is 31.9 Å². The molecule has 49 heavy (non-hydrogen) atoms. The van der Waals surface area contributed by atoms with Gasteiger partial charge in [0.1, 0.15) is 6.04 Å². The van der Waals surface area contributed by atoms with E-state index in [1.807, 2.05) is 41.3 Å². The molecule has 3 fully saturated rings. The fraction of sp³-hybridized carbons (Fsp3) is 0.543. The molecule has 3 saturated heterocycles. The van der Waals surface area contributed by atoms with Gasteiger partial charge in [0, 0.05) is 72.4 Å². The van der Waals surface area contributed by atoms with Crippen LogP contribution in [0.15, 0.2) is 45.3 Å². The standard InChI is InChI=1S/C35H45Br2N7O5/c1-40-10-6-25(7-11-40)43-15-14-42(21-30(43)34(47)48)33(46)24(16-22-17-27(36)32(38)28(37)18-22)19-31(45)41-12-8-26(9-13-41)44-20-23-4-2-3-5-29(23)39-35(44)49/h2-5,17-18,24-26,30H,6-16,19-21,38H2,1H3,(H,39,49)(H,47,48). The molecule has 0 aliphatic carbocycles. The fourth-order valence-corrected chi connectivity index (χ4v) is 9.09. The molecule has 12 nitrogen and oxygen atoms in total. The number of amides is 4.